The number of aryl methyl sites for hydroxylation is 1. The molecule has 0 aliphatic carbocycles. The molecule has 0 spiro atoms. The van der Waals surface area contributed by atoms with Crippen molar-refractivity contribution in [1.29, 1.82) is 0 Å². The molecule has 2 aromatic rings. The minimum absolute atomic E-state index is 0.266. The van der Waals surface area contributed by atoms with Crippen LogP contribution in [0.2, 0.25) is 5.02 Å². The molecule has 150 valence electrons. The lowest BCUT2D eigenvalue weighted by Gasteiger charge is -2.17. The maximum atomic E-state index is 12.6. The predicted octanol–water partition coefficient (Wildman–Crippen LogP) is 3.43. The molecule has 0 fully saturated rings. The minimum Gasteiger partial charge on any atom is -0.493 e. The molecule has 2 amide bonds. The molecule has 0 aliphatic heterocycles. The zero-order valence-electron chi connectivity index (χ0n) is 16.4. The lowest BCUT2D eigenvalue weighted by atomic mass is 10.1. The first kappa shape index (κ1) is 21.4. The number of halogens is 1. The molecule has 0 radical (unpaired) electrons. The number of carbonyl (C=O) groups excluding carboxylic acids is 2. The number of nitrogens with one attached hydrogen (secondary N) is 2. The maximum Gasteiger partial charge on any atom is 0.252 e. The molecule has 2 aromatic carbocycles. The van der Waals surface area contributed by atoms with E-state index in [-0.39, 0.29) is 5.56 Å². The average molecular weight is 407 g/mol. The van der Waals surface area contributed by atoms with Gasteiger partial charge >= 0.3 is 0 Å². The van der Waals surface area contributed by atoms with Gasteiger partial charge in [-0.3, -0.25) is 9.59 Å². The van der Waals surface area contributed by atoms with Crippen LogP contribution in [-0.4, -0.2) is 39.2 Å². The van der Waals surface area contributed by atoms with Crippen LogP contribution in [0.1, 0.15) is 22.8 Å². The Morgan fingerprint density at radius 3 is 2.11 bits per heavy atom. The Morgan fingerprint density at radius 2 is 1.61 bits per heavy atom. The van der Waals surface area contributed by atoms with Crippen molar-refractivity contribution in [3.8, 4) is 17.2 Å². The molecule has 8 heteroatoms. The lowest BCUT2D eigenvalue weighted by Crippen LogP contribution is -2.41. The van der Waals surface area contributed by atoms with E-state index in [1.54, 1.807) is 19.1 Å². The van der Waals surface area contributed by atoms with Crippen LogP contribution in [0.15, 0.2) is 30.3 Å². The van der Waals surface area contributed by atoms with Crippen molar-refractivity contribution in [2.75, 3.05) is 26.6 Å². The molecule has 0 saturated carbocycles. The Labute approximate surface area is 168 Å². The van der Waals surface area contributed by atoms with Gasteiger partial charge in [-0.15, -0.1) is 0 Å². The van der Waals surface area contributed by atoms with Gasteiger partial charge < -0.3 is 24.8 Å². The average Bonchev–Trinajstić information content (AvgIpc) is 2.68. The molecule has 28 heavy (non-hydrogen) atoms. The van der Waals surface area contributed by atoms with Crippen LogP contribution >= 0.6 is 11.6 Å². The summed E-state index contributed by atoms with van der Waals surface area (Å²) in [4.78, 5) is 25.0. The molecule has 0 bridgehead atoms. The largest absolute Gasteiger partial charge is 0.493 e. The van der Waals surface area contributed by atoms with Crippen molar-refractivity contribution < 1.29 is 23.8 Å². The van der Waals surface area contributed by atoms with Crippen molar-refractivity contribution in [3.05, 3.63) is 46.5 Å². The van der Waals surface area contributed by atoms with Crippen LogP contribution in [0.5, 0.6) is 17.2 Å². The minimum atomic E-state index is -0.802. The van der Waals surface area contributed by atoms with Gasteiger partial charge in [-0.25, -0.2) is 0 Å². The van der Waals surface area contributed by atoms with E-state index in [1.165, 1.54) is 33.5 Å². The van der Waals surface area contributed by atoms with Gasteiger partial charge in [0.15, 0.2) is 11.5 Å². The van der Waals surface area contributed by atoms with Crippen LogP contribution in [-0.2, 0) is 4.79 Å². The molecule has 0 heterocycles. The van der Waals surface area contributed by atoms with Gasteiger partial charge in [0.25, 0.3) is 5.91 Å². The van der Waals surface area contributed by atoms with E-state index in [1.807, 2.05) is 13.0 Å². The van der Waals surface area contributed by atoms with Crippen molar-refractivity contribution in [3.63, 3.8) is 0 Å². The van der Waals surface area contributed by atoms with Crippen molar-refractivity contribution in [2.45, 2.75) is 19.9 Å². The van der Waals surface area contributed by atoms with Gasteiger partial charge in [0, 0.05) is 5.56 Å². The number of amides is 2. The monoisotopic (exact) mass is 406 g/mol. The Hall–Kier alpha value is -2.93. The van der Waals surface area contributed by atoms with E-state index >= 15 is 0 Å². The lowest BCUT2D eigenvalue weighted by molar-refractivity contribution is -0.117. The first-order valence-corrected chi connectivity index (χ1v) is 8.86. The summed E-state index contributed by atoms with van der Waals surface area (Å²) < 4.78 is 15.7. The van der Waals surface area contributed by atoms with Crippen LogP contribution in [0.25, 0.3) is 0 Å². The normalized spacial score (nSPS) is 11.4. The van der Waals surface area contributed by atoms with Gasteiger partial charge in [0.2, 0.25) is 11.7 Å². The molecule has 2 N–H and O–H groups in total. The second-order valence-electron chi connectivity index (χ2n) is 6.08. The first-order valence-electron chi connectivity index (χ1n) is 8.48. The molecule has 0 aliphatic rings. The van der Waals surface area contributed by atoms with Crippen molar-refractivity contribution >= 4 is 29.1 Å². The summed E-state index contributed by atoms with van der Waals surface area (Å²) in [6, 6.07) is 7.51. The van der Waals surface area contributed by atoms with Gasteiger partial charge in [0.05, 0.1) is 32.0 Å². The fourth-order valence-corrected chi connectivity index (χ4v) is 2.80. The number of hydrogen-bond donors (Lipinski definition) is 2. The Kier molecular flexibility index (Phi) is 7.12. The van der Waals surface area contributed by atoms with Gasteiger partial charge in [-0.2, -0.15) is 0 Å². The number of ether oxygens (including phenoxy) is 3. The third kappa shape index (κ3) is 4.86. The number of anilines is 1. The number of hydrogen-bond acceptors (Lipinski definition) is 5. The molecule has 2 rings (SSSR count). The van der Waals surface area contributed by atoms with Gasteiger partial charge in [0.1, 0.15) is 6.04 Å². The highest BCUT2D eigenvalue weighted by molar-refractivity contribution is 6.33. The quantitative estimate of drug-likeness (QED) is 0.735. The maximum absolute atomic E-state index is 12.6. The number of benzene rings is 2. The van der Waals surface area contributed by atoms with E-state index in [0.29, 0.717) is 28.0 Å². The van der Waals surface area contributed by atoms with Crippen LogP contribution in [0.3, 0.4) is 0 Å². The summed E-state index contributed by atoms with van der Waals surface area (Å²) in [5.41, 5.74) is 1.72. The second-order valence-corrected chi connectivity index (χ2v) is 6.49. The highest BCUT2D eigenvalue weighted by Crippen LogP contribution is 2.38. The summed E-state index contributed by atoms with van der Waals surface area (Å²) in [5, 5.41) is 5.77. The van der Waals surface area contributed by atoms with E-state index in [4.69, 9.17) is 25.8 Å². The fraction of sp³-hybridized carbons (Fsp3) is 0.300. The second kappa shape index (κ2) is 9.32. The van der Waals surface area contributed by atoms with Crippen LogP contribution in [0.4, 0.5) is 5.69 Å². The molecular weight excluding hydrogens is 384 g/mol. The molecule has 0 unspecified atom stereocenters. The van der Waals surface area contributed by atoms with E-state index in [9.17, 15) is 9.59 Å². The summed E-state index contributed by atoms with van der Waals surface area (Å²) in [5.74, 6) is 0.205. The topological polar surface area (TPSA) is 85.9 Å². The third-order valence-electron chi connectivity index (χ3n) is 4.05. The number of methoxy groups -OCH3 is 3. The molecule has 0 saturated heterocycles. The molecule has 0 aromatic heterocycles. The Bertz CT molecular complexity index is 860. The predicted molar refractivity (Wildman–Crippen MR) is 108 cm³/mol. The molecule has 1 atom stereocenters. The van der Waals surface area contributed by atoms with Crippen LogP contribution in [0, 0.1) is 6.92 Å². The fourth-order valence-electron chi connectivity index (χ4n) is 2.52. The molecular formula is C20H23ClN2O5. The third-order valence-corrected chi connectivity index (χ3v) is 4.36. The van der Waals surface area contributed by atoms with Crippen molar-refractivity contribution in [1.82, 2.24) is 5.32 Å². The number of carbonyl (C=O) groups is 2. The summed E-state index contributed by atoms with van der Waals surface area (Å²) in [7, 11) is 4.39. The van der Waals surface area contributed by atoms with E-state index in [0.717, 1.165) is 5.56 Å². The van der Waals surface area contributed by atoms with Crippen molar-refractivity contribution in [2.24, 2.45) is 0 Å². The summed E-state index contributed by atoms with van der Waals surface area (Å²) in [6.07, 6.45) is 0. The van der Waals surface area contributed by atoms with E-state index < -0.39 is 17.9 Å². The first-order chi connectivity index (χ1) is 13.3. The highest BCUT2D eigenvalue weighted by atomic mass is 35.5. The van der Waals surface area contributed by atoms with Crippen LogP contribution < -0.4 is 24.8 Å². The Morgan fingerprint density at radius 1 is 1.00 bits per heavy atom. The van der Waals surface area contributed by atoms with E-state index in [2.05, 4.69) is 10.6 Å². The molecule has 7 nitrogen and oxygen atoms in total. The zero-order chi connectivity index (χ0) is 20.8. The summed E-state index contributed by atoms with van der Waals surface area (Å²) >= 11 is 6.13. The zero-order valence-corrected chi connectivity index (χ0v) is 17.1. The smallest absolute Gasteiger partial charge is 0.252 e. The van der Waals surface area contributed by atoms with Gasteiger partial charge in [-0.05, 0) is 43.7 Å². The number of rotatable bonds is 7. The Balaban J connectivity index is 2.14. The van der Waals surface area contributed by atoms with Gasteiger partial charge in [-0.1, -0.05) is 17.7 Å². The highest BCUT2D eigenvalue weighted by Gasteiger charge is 2.21. The standard InChI is InChI=1S/C20H23ClN2O5/c1-11-6-7-15(14(21)8-11)23-19(24)12(2)22-20(25)13-9-16(26-3)18(28-5)17(10-13)27-4/h6-10,12H,1-5H3,(H,22,25)(H,23,24)/t12-/m0/s1. The SMILES string of the molecule is COc1cc(C(=O)N[C@@H](C)C(=O)Nc2ccc(C)cc2Cl)cc(OC)c1OC. The summed E-state index contributed by atoms with van der Waals surface area (Å²) in [6.45, 7) is 3.48.